The van der Waals surface area contributed by atoms with Gasteiger partial charge < -0.3 is 19.7 Å². The summed E-state index contributed by atoms with van der Waals surface area (Å²) in [6, 6.07) is 9.57. The number of rotatable bonds is 8. The first-order chi connectivity index (χ1) is 18.9. The summed E-state index contributed by atoms with van der Waals surface area (Å²) in [4.78, 5) is 32.9. The minimum atomic E-state index is -3.06. The first-order valence-corrected chi connectivity index (χ1v) is 11.9. The minimum Gasteiger partial charge on any atom is -0.497 e. The normalized spacial score (nSPS) is 11.1. The van der Waals surface area contributed by atoms with Crippen molar-refractivity contribution in [3.8, 4) is 28.6 Å². The summed E-state index contributed by atoms with van der Waals surface area (Å²) in [6.07, 6.45) is 0. The molecule has 210 valence electrons. The lowest BCUT2D eigenvalue weighted by Crippen LogP contribution is -2.24. The highest BCUT2D eigenvalue weighted by atomic mass is 35.5. The number of anilines is 2. The molecule has 4 rings (SSSR count). The average molecular weight is 580 g/mol. The highest BCUT2D eigenvalue weighted by Crippen LogP contribution is 2.35. The van der Waals surface area contributed by atoms with E-state index in [-0.39, 0.29) is 33.6 Å². The number of amides is 1. The van der Waals surface area contributed by atoms with Crippen molar-refractivity contribution in [2.24, 2.45) is 7.05 Å². The van der Waals surface area contributed by atoms with Crippen LogP contribution in [-0.2, 0) is 7.05 Å². The summed E-state index contributed by atoms with van der Waals surface area (Å²) < 4.78 is 66.8. The van der Waals surface area contributed by atoms with Gasteiger partial charge in [0.05, 0.1) is 17.7 Å². The third kappa shape index (κ3) is 5.45. The highest BCUT2D eigenvalue weighted by Gasteiger charge is 2.29. The largest absolute Gasteiger partial charge is 0.497 e. The van der Waals surface area contributed by atoms with Gasteiger partial charge in [-0.15, -0.1) is 0 Å². The van der Waals surface area contributed by atoms with E-state index in [0.717, 1.165) is 33.6 Å². The van der Waals surface area contributed by atoms with Crippen LogP contribution >= 0.6 is 11.6 Å². The van der Waals surface area contributed by atoms with Gasteiger partial charge in [-0.25, -0.2) is 13.8 Å². The number of carbonyl (C=O) groups is 1. The number of halogens is 5. The summed E-state index contributed by atoms with van der Waals surface area (Å²) in [6.45, 7) is -3.06. The SMILES string of the molecule is COc1cc(F)c(-c2c(NC(=O)c3ccc(OC(F)F)cc3)c(=O)n(-c3nc(N(C)C)ccc3Cl)n2C)c(F)c1. The van der Waals surface area contributed by atoms with Crippen molar-refractivity contribution in [3.05, 3.63) is 81.1 Å². The summed E-state index contributed by atoms with van der Waals surface area (Å²) in [5.74, 6) is -2.96. The van der Waals surface area contributed by atoms with Crippen molar-refractivity contribution >= 4 is 29.0 Å². The molecule has 4 aromatic rings. The fourth-order valence-corrected chi connectivity index (χ4v) is 4.11. The predicted octanol–water partition coefficient (Wildman–Crippen LogP) is 5.10. The van der Waals surface area contributed by atoms with Gasteiger partial charge in [0, 0.05) is 38.8 Å². The molecule has 0 radical (unpaired) electrons. The first kappa shape index (κ1) is 28.5. The zero-order valence-electron chi connectivity index (χ0n) is 21.5. The molecule has 0 fully saturated rings. The van der Waals surface area contributed by atoms with Gasteiger partial charge >= 0.3 is 6.61 Å². The molecule has 0 aliphatic heterocycles. The number of pyridine rings is 1. The van der Waals surface area contributed by atoms with Crippen LogP contribution in [0.15, 0.2) is 53.3 Å². The topological polar surface area (TPSA) is 90.6 Å². The lowest BCUT2D eigenvalue weighted by molar-refractivity contribution is -0.0498. The Morgan fingerprint density at radius 2 is 1.68 bits per heavy atom. The summed E-state index contributed by atoms with van der Waals surface area (Å²) >= 11 is 6.37. The Balaban J connectivity index is 1.92. The maximum absolute atomic E-state index is 15.3. The van der Waals surface area contributed by atoms with Crippen LogP contribution in [0, 0.1) is 11.6 Å². The predicted molar refractivity (Wildman–Crippen MR) is 141 cm³/mol. The Hall–Kier alpha value is -4.52. The number of aromatic nitrogens is 3. The van der Waals surface area contributed by atoms with E-state index in [1.54, 1.807) is 25.1 Å². The molecule has 0 bridgehead atoms. The number of ether oxygens (including phenoxy) is 2. The Bertz CT molecular complexity index is 1610. The van der Waals surface area contributed by atoms with E-state index >= 15 is 8.78 Å². The fourth-order valence-electron chi connectivity index (χ4n) is 3.93. The lowest BCUT2D eigenvalue weighted by Gasteiger charge is -2.16. The van der Waals surface area contributed by atoms with Crippen molar-refractivity contribution < 1.29 is 31.8 Å². The first-order valence-electron chi connectivity index (χ1n) is 11.5. The van der Waals surface area contributed by atoms with Gasteiger partial charge in [-0.3, -0.25) is 14.3 Å². The molecule has 0 atom stereocenters. The van der Waals surface area contributed by atoms with Gasteiger partial charge in [-0.05, 0) is 36.4 Å². The van der Waals surface area contributed by atoms with Crippen LogP contribution in [0.3, 0.4) is 0 Å². The second-order valence-electron chi connectivity index (χ2n) is 8.56. The van der Waals surface area contributed by atoms with Crippen molar-refractivity contribution in [1.82, 2.24) is 14.3 Å². The third-order valence-corrected chi connectivity index (χ3v) is 6.10. The molecule has 0 aliphatic rings. The quantitative estimate of drug-likeness (QED) is 0.292. The van der Waals surface area contributed by atoms with E-state index in [0.29, 0.717) is 5.82 Å². The molecule has 2 aromatic heterocycles. The number of nitrogens with one attached hydrogen (secondary N) is 1. The number of hydrogen-bond donors (Lipinski definition) is 1. The van der Waals surface area contributed by atoms with Gasteiger partial charge in [0.25, 0.3) is 11.5 Å². The highest BCUT2D eigenvalue weighted by molar-refractivity contribution is 6.32. The molecule has 0 unspecified atom stereocenters. The molecule has 2 aromatic carbocycles. The van der Waals surface area contributed by atoms with E-state index in [4.69, 9.17) is 16.3 Å². The van der Waals surface area contributed by atoms with Gasteiger partial charge in [-0.2, -0.15) is 13.5 Å². The second-order valence-corrected chi connectivity index (χ2v) is 8.96. The average Bonchev–Trinajstić information content (AvgIpc) is 3.12. The van der Waals surface area contributed by atoms with Gasteiger partial charge in [0.15, 0.2) is 5.82 Å². The zero-order chi connectivity index (χ0) is 29.3. The molecule has 40 heavy (non-hydrogen) atoms. The smallest absolute Gasteiger partial charge is 0.387 e. The number of nitrogens with zero attached hydrogens (tertiary/aromatic N) is 4. The maximum Gasteiger partial charge on any atom is 0.387 e. The summed E-state index contributed by atoms with van der Waals surface area (Å²) in [7, 11) is 6.00. The molecule has 0 aliphatic carbocycles. The molecular formula is C26H22ClF4N5O4. The zero-order valence-corrected chi connectivity index (χ0v) is 22.3. The molecule has 14 heteroatoms. The number of hydrogen-bond acceptors (Lipinski definition) is 6. The Labute approximate surface area is 230 Å². The maximum atomic E-state index is 15.3. The number of carbonyl (C=O) groups excluding carboxylic acids is 1. The Morgan fingerprint density at radius 3 is 2.23 bits per heavy atom. The standard InChI is InChI=1S/C26H22ClF4N5O4/c1-34(2)19-10-9-16(27)23(32-19)36-25(38)21(33-24(37)13-5-7-14(8-6-13)40-26(30)31)22(35(36)3)20-17(28)11-15(39-4)12-18(20)29/h5-12,26H,1-4H3,(H,33,37). The minimum absolute atomic E-state index is 0.0445. The van der Waals surface area contributed by atoms with E-state index in [1.165, 1.54) is 32.4 Å². The summed E-state index contributed by atoms with van der Waals surface area (Å²) in [5.41, 5.74) is -2.40. The molecule has 9 nitrogen and oxygen atoms in total. The molecule has 0 saturated carbocycles. The Morgan fingerprint density at radius 1 is 1.05 bits per heavy atom. The van der Waals surface area contributed by atoms with Gasteiger partial charge in [-0.1, -0.05) is 11.6 Å². The molecule has 0 saturated heterocycles. The number of alkyl halides is 2. The number of methoxy groups -OCH3 is 1. The lowest BCUT2D eigenvalue weighted by atomic mass is 10.1. The van der Waals surface area contributed by atoms with Crippen molar-refractivity contribution in [2.45, 2.75) is 6.61 Å². The molecular weight excluding hydrogens is 558 g/mol. The van der Waals surface area contributed by atoms with Crippen LogP contribution in [0.25, 0.3) is 17.1 Å². The van der Waals surface area contributed by atoms with Gasteiger partial charge in [0.2, 0.25) is 0 Å². The van der Waals surface area contributed by atoms with Crippen LogP contribution in [0.1, 0.15) is 10.4 Å². The van der Waals surface area contributed by atoms with Crippen molar-refractivity contribution in [1.29, 1.82) is 0 Å². The van der Waals surface area contributed by atoms with E-state index in [1.807, 2.05) is 0 Å². The summed E-state index contributed by atoms with van der Waals surface area (Å²) in [5, 5.41) is 2.44. The van der Waals surface area contributed by atoms with Crippen LogP contribution in [0.4, 0.5) is 29.1 Å². The van der Waals surface area contributed by atoms with Crippen LogP contribution < -0.4 is 25.2 Å². The van der Waals surface area contributed by atoms with E-state index in [2.05, 4.69) is 15.0 Å². The van der Waals surface area contributed by atoms with E-state index < -0.39 is 41.0 Å². The second kappa shape index (κ2) is 11.3. The van der Waals surface area contributed by atoms with Crippen molar-refractivity contribution in [3.63, 3.8) is 0 Å². The number of benzene rings is 2. The van der Waals surface area contributed by atoms with Crippen LogP contribution in [0.2, 0.25) is 5.02 Å². The fraction of sp³-hybridized carbons (Fsp3) is 0.192. The van der Waals surface area contributed by atoms with Gasteiger partial charge in [0.1, 0.15) is 40.3 Å². The van der Waals surface area contributed by atoms with Crippen LogP contribution in [-0.4, -0.2) is 48.1 Å². The molecule has 0 spiro atoms. The molecule has 1 amide bonds. The third-order valence-electron chi connectivity index (χ3n) is 5.81. The molecule has 1 N–H and O–H groups in total. The van der Waals surface area contributed by atoms with Crippen LogP contribution in [0.5, 0.6) is 11.5 Å². The Kier molecular flexibility index (Phi) is 8.05. The van der Waals surface area contributed by atoms with Crippen molar-refractivity contribution in [2.75, 3.05) is 31.4 Å². The monoisotopic (exact) mass is 579 g/mol. The van der Waals surface area contributed by atoms with E-state index in [9.17, 15) is 18.4 Å². The molecule has 2 heterocycles.